The summed E-state index contributed by atoms with van der Waals surface area (Å²) < 4.78 is 44.8. The minimum atomic E-state index is -4.66. The van der Waals surface area contributed by atoms with Crippen molar-refractivity contribution in [1.29, 1.82) is 0 Å². The molecule has 0 saturated carbocycles. The Hall–Kier alpha value is -1.52. The molecule has 0 aliphatic heterocycles. The SMILES string of the molecule is Nc1cc(C(=O)NCCN(CP(=O)(O)O)CP(=O)(O)O)cc(C(=O)NCCN(CP(=O)(O)O)CP(=O)(O)O)c1. The normalized spacial score (nSPS) is 13.1. The number of carbonyl (C=O) groups excluding carboxylic acids is 2. The van der Waals surface area contributed by atoms with Gasteiger partial charge in [-0.3, -0.25) is 37.6 Å². The summed E-state index contributed by atoms with van der Waals surface area (Å²) in [6, 6.07) is 3.54. The molecule has 23 heteroatoms. The van der Waals surface area contributed by atoms with Crippen LogP contribution in [0.1, 0.15) is 20.7 Å². The highest BCUT2D eigenvalue weighted by Gasteiger charge is 2.27. The van der Waals surface area contributed by atoms with Crippen molar-refractivity contribution in [3.8, 4) is 0 Å². The van der Waals surface area contributed by atoms with Crippen molar-refractivity contribution < 1.29 is 67.0 Å². The largest absolute Gasteiger partial charge is 0.399 e. The third-order valence-corrected chi connectivity index (χ3v) is 7.52. The maximum Gasteiger partial charge on any atom is 0.339 e. The minimum absolute atomic E-state index is 0.0120. The second-order valence-corrected chi connectivity index (χ2v) is 14.8. The highest BCUT2D eigenvalue weighted by Crippen LogP contribution is 2.41. The van der Waals surface area contributed by atoms with Gasteiger partial charge in [0, 0.05) is 43.0 Å². The summed E-state index contributed by atoms with van der Waals surface area (Å²) in [5.41, 5.74) is 5.51. The molecule has 0 aliphatic carbocycles. The molecule has 1 aromatic carbocycles. The van der Waals surface area contributed by atoms with Crippen LogP contribution in [0.15, 0.2) is 18.2 Å². The van der Waals surface area contributed by atoms with Crippen molar-refractivity contribution in [1.82, 2.24) is 20.4 Å². The van der Waals surface area contributed by atoms with Gasteiger partial charge in [-0.2, -0.15) is 0 Å². The summed E-state index contributed by atoms with van der Waals surface area (Å²) in [4.78, 5) is 99.2. The Morgan fingerprint density at radius 3 is 1.15 bits per heavy atom. The van der Waals surface area contributed by atoms with Gasteiger partial charge in [0.1, 0.15) is 25.1 Å². The van der Waals surface area contributed by atoms with Crippen LogP contribution >= 0.6 is 30.4 Å². The van der Waals surface area contributed by atoms with E-state index in [0.717, 1.165) is 15.9 Å². The zero-order chi connectivity index (χ0) is 30.2. The van der Waals surface area contributed by atoms with Crippen LogP contribution < -0.4 is 16.4 Å². The van der Waals surface area contributed by atoms with Crippen molar-refractivity contribution >= 4 is 47.9 Å². The van der Waals surface area contributed by atoms with E-state index in [1.54, 1.807) is 0 Å². The Morgan fingerprint density at radius 1 is 0.615 bits per heavy atom. The standard InChI is InChI=1S/C16H31N5O14P4/c17-14-6-12(15(22)18-1-3-20(8-36(24,25)26)9-37(27,28)29)5-13(7-14)16(23)19-2-4-21(10-38(30,31)32)11-39(33,34)35/h5-7H,1-4,8-11,17H2,(H,18,22)(H,19,23)(H2,24,25,26)(H2,27,28,29)(H2,30,31,32)(H2,33,34,35). The molecule has 224 valence electrons. The third-order valence-electron chi connectivity index (χ3n) is 4.44. The molecule has 1 rings (SSSR count). The second-order valence-electron chi connectivity index (χ2n) is 8.37. The van der Waals surface area contributed by atoms with Crippen molar-refractivity contribution in [2.45, 2.75) is 0 Å². The predicted molar refractivity (Wildman–Crippen MR) is 137 cm³/mol. The highest BCUT2D eigenvalue weighted by molar-refractivity contribution is 7.53. The molecular formula is C16H31N5O14P4. The van der Waals surface area contributed by atoms with Crippen LogP contribution in [0, 0.1) is 0 Å². The molecule has 1 aromatic rings. The summed E-state index contributed by atoms with van der Waals surface area (Å²) in [7, 11) is -18.6. The summed E-state index contributed by atoms with van der Waals surface area (Å²) in [6.07, 6.45) is -3.85. The molecule has 0 bridgehead atoms. The average molecular weight is 641 g/mol. The molecule has 0 heterocycles. The van der Waals surface area contributed by atoms with E-state index in [4.69, 9.17) is 44.9 Å². The van der Waals surface area contributed by atoms with Crippen LogP contribution in [0.3, 0.4) is 0 Å². The van der Waals surface area contributed by atoms with Crippen molar-refractivity contribution in [3.05, 3.63) is 29.3 Å². The van der Waals surface area contributed by atoms with E-state index in [1.807, 2.05) is 0 Å². The Labute approximate surface area is 222 Å². The van der Waals surface area contributed by atoms with Gasteiger partial charge in [-0.15, -0.1) is 0 Å². The third kappa shape index (κ3) is 17.0. The summed E-state index contributed by atoms with van der Waals surface area (Å²) in [6.45, 7) is -1.25. The van der Waals surface area contributed by atoms with E-state index in [0.29, 0.717) is 0 Å². The fraction of sp³-hybridized carbons (Fsp3) is 0.500. The van der Waals surface area contributed by atoms with Crippen molar-refractivity contribution in [2.24, 2.45) is 0 Å². The van der Waals surface area contributed by atoms with Gasteiger partial charge in [0.25, 0.3) is 11.8 Å². The molecule has 0 atom stereocenters. The zero-order valence-corrected chi connectivity index (χ0v) is 23.8. The van der Waals surface area contributed by atoms with Crippen LogP contribution in [0.5, 0.6) is 0 Å². The van der Waals surface area contributed by atoms with Crippen LogP contribution in [0.4, 0.5) is 5.69 Å². The summed E-state index contributed by atoms with van der Waals surface area (Å²) in [5, 5.41) is 4.74. The smallest absolute Gasteiger partial charge is 0.339 e. The maximum absolute atomic E-state index is 12.5. The van der Waals surface area contributed by atoms with Crippen LogP contribution in [0.25, 0.3) is 0 Å². The minimum Gasteiger partial charge on any atom is -0.399 e. The molecular weight excluding hydrogens is 610 g/mol. The molecule has 0 aromatic heterocycles. The molecule has 12 N–H and O–H groups in total. The van der Waals surface area contributed by atoms with Crippen molar-refractivity contribution in [2.75, 3.05) is 57.1 Å². The van der Waals surface area contributed by atoms with Gasteiger partial charge in [-0.25, -0.2) is 0 Å². The predicted octanol–water partition coefficient (Wildman–Crippen LogP) is -2.13. The monoisotopic (exact) mass is 641 g/mol. The molecule has 39 heavy (non-hydrogen) atoms. The summed E-state index contributed by atoms with van der Waals surface area (Å²) in [5.74, 6) is -1.56. The first-order valence-corrected chi connectivity index (χ1v) is 17.8. The van der Waals surface area contributed by atoms with E-state index < -0.39 is 67.3 Å². The Morgan fingerprint density at radius 2 is 0.897 bits per heavy atom. The number of nitrogens with one attached hydrogen (secondary N) is 2. The Balaban J connectivity index is 2.82. The lowest BCUT2D eigenvalue weighted by molar-refractivity contribution is 0.0949. The number of nitrogen functional groups attached to an aromatic ring is 1. The first kappa shape index (κ1) is 35.5. The second kappa shape index (κ2) is 14.4. The number of rotatable bonds is 16. The highest BCUT2D eigenvalue weighted by atomic mass is 31.2. The first-order chi connectivity index (χ1) is 17.5. The Bertz CT molecular complexity index is 1070. The van der Waals surface area contributed by atoms with E-state index >= 15 is 0 Å². The van der Waals surface area contributed by atoms with Gasteiger partial charge in [0.05, 0.1) is 0 Å². The number of anilines is 1. The van der Waals surface area contributed by atoms with Gasteiger partial charge >= 0.3 is 30.4 Å². The quantitative estimate of drug-likeness (QED) is 0.0678. The lowest BCUT2D eigenvalue weighted by Crippen LogP contribution is -2.36. The van der Waals surface area contributed by atoms with E-state index in [2.05, 4.69) is 10.6 Å². The molecule has 0 aliphatic rings. The number of hydrogen-bond donors (Lipinski definition) is 11. The Kier molecular flexibility index (Phi) is 13.1. The van der Waals surface area contributed by atoms with E-state index in [-0.39, 0.29) is 43.0 Å². The molecule has 2 amide bonds. The number of amides is 2. The average Bonchev–Trinajstić information content (AvgIpc) is 2.68. The van der Waals surface area contributed by atoms with E-state index in [1.165, 1.54) is 12.1 Å². The van der Waals surface area contributed by atoms with Crippen LogP contribution in [0.2, 0.25) is 0 Å². The van der Waals surface area contributed by atoms with Crippen molar-refractivity contribution in [3.63, 3.8) is 0 Å². The number of nitrogens with two attached hydrogens (primary N) is 1. The number of carbonyl (C=O) groups is 2. The lowest BCUT2D eigenvalue weighted by atomic mass is 10.1. The fourth-order valence-electron chi connectivity index (χ4n) is 3.19. The van der Waals surface area contributed by atoms with E-state index in [9.17, 15) is 27.8 Å². The zero-order valence-electron chi connectivity index (χ0n) is 20.2. The van der Waals surface area contributed by atoms with Crippen LogP contribution in [-0.2, 0) is 18.3 Å². The van der Waals surface area contributed by atoms with Crippen LogP contribution in [-0.4, -0.2) is 112 Å². The summed E-state index contributed by atoms with van der Waals surface area (Å²) >= 11 is 0. The van der Waals surface area contributed by atoms with Gasteiger partial charge in [-0.1, -0.05) is 0 Å². The first-order valence-electron chi connectivity index (χ1n) is 10.6. The molecule has 0 spiro atoms. The molecule has 0 unspecified atom stereocenters. The number of hydrogen-bond acceptors (Lipinski definition) is 9. The molecule has 0 fully saturated rings. The lowest BCUT2D eigenvalue weighted by Gasteiger charge is -2.23. The molecule has 0 saturated heterocycles. The van der Waals surface area contributed by atoms with Gasteiger partial charge < -0.3 is 55.5 Å². The topological polar surface area (TPSA) is 321 Å². The molecule has 0 radical (unpaired) electrons. The van der Waals surface area contributed by atoms with Gasteiger partial charge in [0.15, 0.2) is 0 Å². The fourth-order valence-corrected chi connectivity index (χ4v) is 6.55. The number of benzene rings is 1. The molecule has 19 nitrogen and oxygen atoms in total. The maximum atomic E-state index is 12.5. The van der Waals surface area contributed by atoms with Gasteiger partial charge in [0.2, 0.25) is 0 Å². The number of nitrogens with zero attached hydrogens (tertiary/aromatic N) is 2. The van der Waals surface area contributed by atoms with Gasteiger partial charge in [-0.05, 0) is 18.2 Å².